The van der Waals surface area contributed by atoms with Gasteiger partial charge in [0, 0.05) is 6.42 Å². The molecule has 510 valence electrons. The molecule has 1 fully saturated rings. The SMILES string of the molecule is CCCCCCCCCCCCCCCCCC/C=C\CCCCCCCCCCCCCCCCCCCC(=O)NC(COC1OC(CO)C(O)C(OS(=O)(=O)O)C1O)C(O)/C=C/CCCCCCCCCCCCCCCCCCCCCC. The smallest absolute Gasteiger partial charge is 0.394 e. The van der Waals surface area contributed by atoms with Crippen LogP contribution in [0.3, 0.4) is 0 Å². The van der Waals surface area contributed by atoms with Gasteiger partial charge in [0.25, 0.3) is 0 Å². The molecule has 1 saturated heterocycles. The Hall–Kier alpha value is -1.42. The number of hydrogen-bond acceptors (Lipinski definition) is 10. The molecule has 0 aliphatic carbocycles. The van der Waals surface area contributed by atoms with Crippen molar-refractivity contribution in [1.29, 1.82) is 0 Å². The Kier molecular flexibility index (Phi) is 59.9. The number of aliphatic hydroxyl groups is 4. The van der Waals surface area contributed by atoms with Crippen LogP contribution in [0, 0.1) is 0 Å². The van der Waals surface area contributed by atoms with Gasteiger partial charge in [0.05, 0.1) is 25.4 Å². The van der Waals surface area contributed by atoms with Gasteiger partial charge in [-0.3, -0.25) is 9.35 Å². The zero-order valence-corrected chi connectivity index (χ0v) is 57.0. The molecular formula is C73H141NO11S. The lowest BCUT2D eigenvalue weighted by Gasteiger charge is -2.41. The van der Waals surface area contributed by atoms with E-state index in [0.29, 0.717) is 6.42 Å². The van der Waals surface area contributed by atoms with Gasteiger partial charge in [0.2, 0.25) is 5.91 Å². The predicted octanol–water partition coefficient (Wildman–Crippen LogP) is 19.9. The zero-order valence-electron chi connectivity index (χ0n) is 56.2. The second kappa shape index (κ2) is 62.4. The molecule has 0 bridgehead atoms. The highest BCUT2D eigenvalue weighted by Gasteiger charge is 2.48. The third-order valence-electron chi connectivity index (χ3n) is 18.0. The molecule has 0 radical (unpaired) electrons. The fraction of sp³-hybridized carbons (Fsp3) is 0.932. The standard InChI is InChI=1S/C73H141NO11S/c1-3-5-7-9-11-13-15-17-19-21-23-25-27-28-29-30-31-32-33-34-35-36-37-38-39-40-41-43-45-47-49-51-53-55-57-59-61-63-69(77)74-66(65-83-73-71(79)72(85-86(80,81)82)70(78)68(64-75)84-73)67(76)62-60-58-56-54-52-50-48-46-44-42-26-24-22-20-18-16-14-12-10-8-6-4-2/h32-33,60,62,66-68,70-73,75-76,78-79H,3-31,34-59,61,63-65H2,1-2H3,(H,74,77)(H,80,81,82)/b33-32-,62-60+. The molecule has 86 heavy (non-hydrogen) atoms. The first-order chi connectivity index (χ1) is 42.0. The molecule has 0 aromatic heterocycles. The summed E-state index contributed by atoms with van der Waals surface area (Å²) in [5.74, 6) is -0.254. The first-order valence-electron chi connectivity index (χ1n) is 37.2. The lowest BCUT2D eigenvalue weighted by atomic mass is 9.99. The van der Waals surface area contributed by atoms with Gasteiger partial charge < -0.3 is 35.2 Å². The number of amides is 1. The molecule has 7 atom stereocenters. The third-order valence-corrected chi connectivity index (χ3v) is 18.4. The van der Waals surface area contributed by atoms with Gasteiger partial charge in [0.1, 0.15) is 24.4 Å². The number of nitrogens with one attached hydrogen (secondary N) is 1. The van der Waals surface area contributed by atoms with E-state index in [4.69, 9.17) is 9.47 Å². The second-order valence-corrected chi connectivity index (χ2v) is 27.3. The Balaban J connectivity index is 2.18. The largest absolute Gasteiger partial charge is 0.397 e. The number of unbranched alkanes of at least 4 members (excludes halogenated alkanes) is 53. The van der Waals surface area contributed by atoms with Crippen LogP contribution in [0.1, 0.15) is 380 Å². The normalized spacial score (nSPS) is 18.2. The molecule has 12 nitrogen and oxygen atoms in total. The van der Waals surface area contributed by atoms with Gasteiger partial charge in [-0.15, -0.1) is 0 Å². The lowest BCUT2D eigenvalue weighted by Crippen LogP contribution is -2.61. The second-order valence-electron chi connectivity index (χ2n) is 26.2. The molecule has 1 heterocycles. The maximum atomic E-state index is 13.2. The van der Waals surface area contributed by atoms with E-state index in [1.165, 1.54) is 315 Å². The topological polar surface area (TPSA) is 192 Å². The van der Waals surface area contributed by atoms with Crippen LogP contribution < -0.4 is 5.32 Å². The van der Waals surface area contributed by atoms with E-state index in [9.17, 15) is 38.2 Å². The maximum Gasteiger partial charge on any atom is 0.397 e. The number of carbonyl (C=O) groups is 1. The van der Waals surface area contributed by atoms with Crippen molar-refractivity contribution in [2.45, 2.75) is 423 Å². The summed E-state index contributed by atoms with van der Waals surface area (Å²) in [7, 11) is -5.09. The van der Waals surface area contributed by atoms with Crippen molar-refractivity contribution in [3.8, 4) is 0 Å². The molecule has 0 aromatic rings. The van der Waals surface area contributed by atoms with Crippen molar-refractivity contribution >= 4 is 16.3 Å². The quantitative estimate of drug-likeness (QED) is 0.0193. The number of carbonyl (C=O) groups excluding carboxylic acids is 1. The molecule has 6 N–H and O–H groups in total. The molecule has 13 heteroatoms. The summed E-state index contributed by atoms with van der Waals surface area (Å²) in [6, 6.07) is -0.944. The highest BCUT2D eigenvalue weighted by Crippen LogP contribution is 2.27. The van der Waals surface area contributed by atoms with Gasteiger partial charge in [-0.1, -0.05) is 353 Å². The van der Waals surface area contributed by atoms with Crippen molar-refractivity contribution in [3.05, 3.63) is 24.3 Å². The molecule has 0 aromatic carbocycles. The van der Waals surface area contributed by atoms with Crippen LogP contribution in [0.5, 0.6) is 0 Å². The van der Waals surface area contributed by atoms with Crippen molar-refractivity contribution in [1.82, 2.24) is 5.32 Å². The van der Waals surface area contributed by atoms with E-state index >= 15 is 0 Å². The van der Waals surface area contributed by atoms with E-state index in [2.05, 4.69) is 35.5 Å². The minimum atomic E-state index is -5.09. The fourth-order valence-corrected chi connectivity index (χ4v) is 12.8. The van der Waals surface area contributed by atoms with Crippen LogP contribution in [0.15, 0.2) is 24.3 Å². The van der Waals surface area contributed by atoms with Crippen LogP contribution >= 0.6 is 0 Å². The Morgan fingerprint density at radius 3 is 1.05 bits per heavy atom. The molecular weight excluding hydrogens is 1100 g/mol. The fourth-order valence-electron chi connectivity index (χ4n) is 12.3. The maximum absolute atomic E-state index is 13.2. The Bertz CT molecular complexity index is 1600. The summed E-state index contributed by atoms with van der Waals surface area (Å²) in [5.41, 5.74) is 0. The van der Waals surface area contributed by atoms with E-state index in [-0.39, 0.29) is 18.9 Å². The minimum absolute atomic E-state index is 0.254. The molecule has 0 saturated carbocycles. The first-order valence-corrected chi connectivity index (χ1v) is 38.6. The van der Waals surface area contributed by atoms with E-state index in [1.54, 1.807) is 6.08 Å². The lowest BCUT2D eigenvalue weighted by molar-refractivity contribution is -0.298. The van der Waals surface area contributed by atoms with Crippen LogP contribution in [-0.2, 0) is 28.9 Å². The highest BCUT2D eigenvalue weighted by molar-refractivity contribution is 7.80. The Morgan fingerprint density at radius 2 is 0.744 bits per heavy atom. The number of rotatable bonds is 67. The van der Waals surface area contributed by atoms with E-state index in [1.807, 2.05) is 6.08 Å². The predicted molar refractivity (Wildman–Crippen MR) is 361 cm³/mol. The Labute approximate surface area is 531 Å². The summed E-state index contributed by atoms with van der Waals surface area (Å²) in [6.45, 7) is 3.47. The average Bonchev–Trinajstić information content (AvgIpc) is 1.61. The monoisotopic (exact) mass is 1240 g/mol. The third kappa shape index (κ3) is 53.3. The van der Waals surface area contributed by atoms with Gasteiger partial charge in [-0.2, -0.15) is 8.42 Å². The number of hydrogen-bond donors (Lipinski definition) is 6. The summed E-state index contributed by atoms with van der Waals surface area (Å²) in [4.78, 5) is 13.2. The van der Waals surface area contributed by atoms with Gasteiger partial charge >= 0.3 is 10.4 Å². The molecule has 1 amide bonds. The first kappa shape index (κ1) is 82.6. The van der Waals surface area contributed by atoms with E-state index in [0.717, 1.165) is 38.5 Å². The van der Waals surface area contributed by atoms with E-state index < -0.39 is 59.9 Å². The van der Waals surface area contributed by atoms with Crippen LogP contribution in [-0.4, -0.2) is 95.4 Å². The number of allylic oxidation sites excluding steroid dienone is 3. The highest BCUT2D eigenvalue weighted by atomic mass is 32.3. The summed E-state index contributed by atoms with van der Waals surface area (Å²) >= 11 is 0. The number of ether oxygens (including phenoxy) is 2. The molecule has 1 rings (SSSR count). The van der Waals surface area contributed by atoms with Crippen LogP contribution in [0.2, 0.25) is 0 Å². The van der Waals surface area contributed by atoms with Crippen molar-refractivity contribution in [2.24, 2.45) is 0 Å². The number of aliphatic hydroxyl groups excluding tert-OH is 4. The van der Waals surface area contributed by atoms with Gasteiger partial charge in [-0.25, -0.2) is 4.18 Å². The molecule has 0 spiro atoms. The zero-order chi connectivity index (χ0) is 62.5. The Morgan fingerprint density at radius 1 is 0.453 bits per heavy atom. The van der Waals surface area contributed by atoms with Crippen molar-refractivity contribution in [2.75, 3.05) is 13.2 Å². The summed E-state index contributed by atoms with van der Waals surface area (Å²) in [5, 5.41) is 45.2. The van der Waals surface area contributed by atoms with Gasteiger partial charge in [-0.05, 0) is 44.9 Å². The van der Waals surface area contributed by atoms with Crippen LogP contribution in [0.4, 0.5) is 0 Å². The molecule has 7 unspecified atom stereocenters. The summed E-state index contributed by atoms with van der Waals surface area (Å²) in [6.07, 6.45) is 72.7. The average molecular weight is 1240 g/mol. The summed E-state index contributed by atoms with van der Waals surface area (Å²) < 4.78 is 48.1. The minimum Gasteiger partial charge on any atom is -0.394 e. The molecule has 1 aliphatic heterocycles. The van der Waals surface area contributed by atoms with Crippen molar-refractivity contribution < 1.29 is 51.8 Å². The molecule has 1 aliphatic rings. The van der Waals surface area contributed by atoms with Gasteiger partial charge in [0.15, 0.2) is 6.29 Å². The van der Waals surface area contributed by atoms with Crippen LogP contribution in [0.25, 0.3) is 0 Å². The van der Waals surface area contributed by atoms with Crippen molar-refractivity contribution in [3.63, 3.8) is 0 Å².